The SMILES string of the molecule is O=C(C1=NO[C@@H](CCl)C1)c1ccccc1. The van der Waals surface area contributed by atoms with Crippen molar-refractivity contribution in [3.05, 3.63) is 35.9 Å². The lowest BCUT2D eigenvalue weighted by Crippen LogP contribution is -2.16. The summed E-state index contributed by atoms with van der Waals surface area (Å²) in [5.41, 5.74) is 1.09. The topological polar surface area (TPSA) is 38.7 Å². The summed E-state index contributed by atoms with van der Waals surface area (Å²) in [5, 5.41) is 3.75. The summed E-state index contributed by atoms with van der Waals surface area (Å²) in [5.74, 6) is 0.276. The Morgan fingerprint density at radius 1 is 1.47 bits per heavy atom. The Morgan fingerprint density at radius 3 is 2.80 bits per heavy atom. The monoisotopic (exact) mass is 223 g/mol. The Labute approximate surface area is 92.7 Å². The normalized spacial score (nSPS) is 19.5. The maximum Gasteiger partial charge on any atom is 0.210 e. The largest absolute Gasteiger partial charge is 0.390 e. The fraction of sp³-hybridized carbons (Fsp3) is 0.273. The van der Waals surface area contributed by atoms with E-state index < -0.39 is 0 Å². The highest BCUT2D eigenvalue weighted by atomic mass is 35.5. The molecule has 0 amide bonds. The number of oxime groups is 1. The van der Waals surface area contributed by atoms with E-state index in [-0.39, 0.29) is 11.9 Å². The molecule has 0 fully saturated rings. The number of carbonyl (C=O) groups excluding carboxylic acids is 1. The third-order valence-corrected chi connectivity index (χ3v) is 2.55. The predicted molar refractivity (Wildman–Crippen MR) is 58.4 cm³/mol. The van der Waals surface area contributed by atoms with E-state index in [1.165, 1.54) is 0 Å². The van der Waals surface area contributed by atoms with Gasteiger partial charge < -0.3 is 4.84 Å². The quantitative estimate of drug-likeness (QED) is 0.582. The van der Waals surface area contributed by atoms with Crippen molar-refractivity contribution in [1.82, 2.24) is 0 Å². The maximum atomic E-state index is 11.9. The van der Waals surface area contributed by atoms with Gasteiger partial charge in [-0.3, -0.25) is 4.79 Å². The molecule has 1 atom stereocenters. The molecule has 1 heterocycles. The van der Waals surface area contributed by atoms with Crippen molar-refractivity contribution in [2.75, 3.05) is 5.88 Å². The smallest absolute Gasteiger partial charge is 0.210 e. The van der Waals surface area contributed by atoms with Crippen LogP contribution in [0, 0.1) is 0 Å². The molecule has 0 radical (unpaired) electrons. The van der Waals surface area contributed by atoms with E-state index in [1.807, 2.05) is 18.2 Å². The van der Waals surface area contributed by atoms with E-state index in [9.17, 15) is 4.79 Å². The highest BCUT2D eigenvalue weighted by Crippen LogP contribution is 2.15. The van der Waals surface area contributed by atoms with Gasteiger partial charge in [-0.25, -0.2) is 0 Å². The fourth-order valence-electron chi connectivity index (χ4n) is 1.40. The van der Waals surface area contributed by atoms with Crippen LogP contribution < -0.4 is 0 Å². The van der Waals surface area contributed by atoms with Gasteiger partial charge in [0.25, 0.3) is 0 Å². The lowest BCUT2D eigenvalue weighted by Gasteiger charge is -2.00. The van der Waals surface area contributed by atoms with Crippen molar-refractivity contribution in [1.29, 1.82) is 0 Å². The molecular formula is C11H10ClNO2. The number of ketones is 1. The van der Waals surface area contributed by atoms with Crippen LogP contribution in [0.25, 0.3) is 0 Å². The van der Waals surface area contributed by atoms with Gasteiger partial charge in [0, 0.05) is 12.0 Å². The minimum atomic E-state index is -0.158. The second kappa shape index (κ2) is 4.45. The second-order valence-electron chi connectivity index (χ2n) is 3.32. The average Bonchev–Trinajstić information content (AvgIpc) is 2.78. The molecule has 78 valence electrons. The van der Waals surface area contributed by atoms with E-state index >= 15 is 0 Å². The molecular weight excluding hydrogens is 214 g/mol. The van der Waals surface area contributed by atoms with Gasteiger partial charge in [0.15, 0.2) is 0 Å². The van der Waals surface area contributed by atoms with Crippen LogP contribution >= 0.6 is 11.6 Å². The molecule has 0 saturated carbocycles. The molecule has 0 unspecified atom stereocenters. The molecule has 0 N–H and O–H groups in total. The number of hydrogen-bond acceptors (Lipinski definition) is 3. The molecule has 15 heavy (non-hydrogen) atoms. The second-order valence-corrected chi connectivity index (χ2v) is 3.63. The Balaban J connectivity index is 2.11. The van der Waals surface area contributed by atoms with Crippen LogP contribution in [0.1, 0.15) is 16.8 Å². The molecule has 1 aromatic carbocycles. The van der Waals surface area contributed by atoms with Gasteiger partial charge in [-0.15, -0.1) is 11.6 Å². The van der Waals surface area contributed by atoms with Gasteiger partial charge >= 0.3 is 0 Å². The van der Waals surface area contributed by atoms with Crippen molar-refractivity contribution >= 4 is 23.1 Å². The van der Waals surface area contributed by atoms with Crippen LogP contribution in [0.15, 0.2) is 35.5 Å². The lowest BCUT2D eigenvalue weighted by molar-refractivity contribution is 0.101. The molecule has 0 saturated heterocycles. The van der Waals surface area contributed by atoms with Crippen LogP contribution in [0.4, 0.5) is 0 Å². The zero-order valence-corrected chi connectivity index (χ0v) is 8.78. The third kappa shape index (κ3) is 2.18. The predicted octanol–water partition coefficient (Wildman–Crippen LogP) is 2.25. The van der Waals surface area contributed by atoms with Gasteiger partial charge in [0.2, 0.25) is 5.78 Å². The van der Waals surface area contributed by atoms with Crippen LogP contribution in [0.3, 0.4) is 0 Å². The maximum absolute atomic E-state index is 11.9. The van der Waals surface area contributed by atoms with E-state index in [4.69, 9.17) is 16.4 Å². The van der Waals surface area contributed by atoms with Crippen molar-refractivity contribution in [2.45, 2.75) is 12.5 Å². The molecule has 0 aromatic heterocycles. The van der Waals surface area contributed by atoms with Crippen LogP contribution in [-0.4, -0.2) is 23.5 Å². The first-order chi connectivity index (χ1) is 7.31. The van der Waals surface area contributed by atoms with Crippen LogP contribution in [0.2, 0.25) is 0 Å². The van der Waals surface area contributed by atoms with Crippen LogP contribution in [0.5, 0.6) is 0 Å². The molecule has 4 heteroatoms. The molecule has 0 aliphatic carbocycles. The number of nitrogens with zero attached hydrogens (tertiary/aromatic N) is 1. The van der Waals surface area contributed by atoms with Crippen LogP contribution in [-0.2, 0) is 4.84 Å². The third-order valence-electron chi connectivity index (χ3n) is 2.20. The first-order valence-corrected chi connectivity index (χ1v) is 5.23. The minimum absolute atomic E-state index is 0.0804. The van der Waals surface area contributed by atoms with Gasteiger partial charge in [0.05, 0.1) is 5.88 Å². The summed E-state index contributed by atoms with van der Waals surface area (Å²) in [7, 11) is 0. The summed E-state index contributed by atoms with van der Waals surface area (Å²) in [6, 6.07) is 9.04. The zero-order valence-electron chi connectivity index (χ0n) is 8.02. The number of carbonyl (C=O) groups is 1. The lowest BCUT2D eigenvalue weighted by atomic mass is 10.0. The summed E-state index contributed by atoms with van der Waals surface area (Å²) >= 11 is 5.61. The summed E-state index contributed by atoms with van der Waals surface area (Å²) in [6.45, 7) is 0. The first kappa shape index (κ1) is 10.2. The number of rotatable bonds is 3. The fourth-order valence-corrected chi connectivity index (χ4v) is 1.57. The Hall–Kier alpha value is -1.35. The number of alkyl halides is 1. The molecule has 2 rings (SSSR count). The van der Waals surface area contributed by atoms with Crippen molar-refractivity contribution in [3.8, 4) is 0 Å². The molecule has 1 aliphatic heterocycles. The average molecular weight is 224 g/mol. The molecule has 1 aromatic rings. The van der Waals surface area contributed by atoms with Crippen molar-refractivity contribution < 1.29 is 9.63 Å². The number of benzene rings is 1. The van der Waals surface area contributed by atoms with Crippen molar-refractivity contribution in [2.24, 2.45) is 5.16 Å². The van der Waals surface area contributed by atoms with Gasteiger partial charge in [-0.1, -0.05) is 35.5 Å². The van der Waals surface area contributed by atoms with Crippen molar-refractivity contribution in [3.63, 3.8) is 0 Å². The van der Waals surface area contributed by atoms with E-state index in [0.29, 0.717) is 23.6 Å². The van der Waals surface area contributed by atoms with E-state index in [2.05, 4.69) is 5.16 Å². The van der Waals surface area contributed by atoms with Gasteiger partial charge in [-0.2, -0.15) is 0 Å². The summed E-state index contributed by atoms with van der Waals surface area (Å²) < 4.78 is 0. The van der Waals surface area contributed by atoms with Gasteiger partial charge in [-0.05, 0) is 0 Å². The Bertz CT molecular complexity index is 389. The van der Waals surface area contributed by atoms with Gasteiger partial charge in [0.1, 0.15) is 11.8 Å². The highest BCUT2D eigenvalue weighted by molar-refractivity contribution is 6.46. The minimum Gasteiger partial charge on any atom is -0.390 e. The van der Waals surface area contributed by atoms with E-state index in [0.717, 1.165) is 0 Å². The Kier molecular flexibility index (Phi) is 3.02. The number of halogens is 1. The highest BCUT2D eigenvalue weighted by Gasteiger charge is 2.25. The standard InChI is InChI=1S/C11H10ClNO2/c12-7-9-6-10(13-15-9)11(14)8-4-2-1-3-5-8/h1-5,9H,6-7H2/t9-/m1/s1. The molecule has 0 bridgehead atoms. The number of Topliss-reactive ketones (excluding diaryl/α,β-unsaturated/α-hetero) is 1. The summed E-state index contributed by atoms with van der Waals surface area (Å²) in [6.07, 6.45) is 0.339. The molecule has 1 aliphatic rings. The molecule has 0 spiro atoms. The number of hydrogen-bond donors (Lipinski definition) is 0. The van der Waals surface area contributed by atoms with E-state index in [1.54, 1.807) is 12.1 Å². The summed E-state index contributed by atoms with van der Waals surface area (Å²) in [4.78, 5) is 16.8. The Morgan fingerprint density at radius 2 is 2.20 bits per heavy atom. The first-order valence-electron chi connectivity index (χ1n) is 4.69. The zero-order chi connectivity index (χ0) is 10.7. The molecule has 3 nitrogen and oxygen atoms in total.